The van der Waals surface area contributed by atoms with Crippen LogP contribution in [0.3, 0.4) is 0 Å². The average molecular weight is 607 g/mol. The molecule has 0 aliphatic heterocycles. The van der Waals surface area contributed by atoms with Gasteiger partial charge in [0, 0.05) is 28.9 Å². The Kier molecular flexibility index (Phi) is 9.84. The summed E-state index contributed by atoms with van der Waals surface area (Å²) in [5.74, 6) is 0.959. The molecule has 1 N–H and O–H groups in total. The number of aliphatic imine (C=N–C) groups is 1. The van der Waals surface area contributed by atoms with Gasteiger partial charge < -0.3 is 4.42 Å². The molecule has 4 unspecified atom stereocenters. The SMILES string of the molecule is C/C=N\C(NC)c1ccc2c(c1)C1(C3=C2C=CC(C(C)F)C3)C2=C(C=CCC2)c2c1ccc1c(CC)c(CC)oc21.CC.CC. The van der Waals surface area contributed by atoms with Crippen LogP contribution in [0.15, 0.2) is 75.2 Å². The smallest absolute Gasteiger partial charge is 0.142 e. The molecule has 4 atom stereocenters. The van der Waals surface area contributed by atoms with Gasteiger partial charge >= 0.3 is 0 Å². The first-order chi connectivity index (χ1) is 22.0. The molecule has 2 aromatic carbocycles. The fourth-order valence-electron chi connectivity index (χ4n) is 8.19. The van der Waals surface area contributed by atoms with E-state index in [4.69, 9.17) is 9.41 Å². The van der Waals surface area contributed by atoms with Crippen LogP contribution in [0.5, 0.6) is 0 Å². The van der Waals surface area contributed by atoms with Crippen LogP contribution in [0.1, 0.15) is 120 Å². The number of alkyl halides is 1. The second-order valence-corrected chi connectivity index (χ2v) is 11.9. The number of halogens is 1. The summed E-state index contributed by atoms with van der Waals surface area (Å²) in [4.78, 5) is 4.73. The first-order valence-electron chi connectivity index (χ1n) is 17.3. The van der Waals surface area contributed by atoms with Crippen molar-refractivity contribution in [3.05, 3.63) is 105 Å². The van der Waals surface area contributed by atoms with E-state index in [2.05, 4.69) is 73.8 Å². The Hall–Kier alpha value is -3.50. The third-order valence-electron chi connectivity index (χ3n) is 9.96. The number of hydrogen-bond acceptors (Lipinski definition) is 3. The minimum Gasteiger partial charge on any atom is -0.460 e. The molecule has 4 aliphatic carbocycles. The zero-order chi connectivity index (χ0) is 32.5. The van der Waals surface area contributed by atoms with E-state index in [0.29, 0.717) is 6.42 Å². The quantitative estimate of drug-likeness (QED) is 0.283. The molecule has 4 heteroatoms. The van der Waals surface area contributed by atoms with Crippen LogP contribution in [0, 0.1) is 5.92 Å². The fraction of sp³-hybridized carbons (Fsp3) is 0.439. The molecule has 4 aliphatic rings. The summed E-state index contributed by atoms with van der Waals surface area (Å²) < 4.78 is 21.7. The minimum absolute atomic E-state index is 0.124. The number of allylic oxidation sites excluding steroid dienone is 8. The van der Waals surface area contributed by atoms with Crippen molar-refractivity contribution >= 4 is 28.3 Å². The van der Waals surface area contributed by atoms with Gasteiger partial charge in [0.2, 0.25) is 0 Å². The van der Waals surface area contributed by atoms with E-state index in [1.807, 2.05) is 47.9 Å². The van der Waals surface area contributed by atoms with E-state index in [0.717, 1.165) is 42.6 Å². The number of fused-ring (bicyclic) bond motifs is 10. The van der Waals surface area contributed by atoms with E-state index in [9.17, 15) is 4.39 Å². The molecule has 0 bridgehead atoms. The predicted molar refractivity (Wildman–Crippen MR) is 191 cm³/mol. The van der Waals surface area contributed by atoms with E-state index >= 15 is 0 Å². The minimum atomic E-state index is -0.906. The van der Waals surface area contributed by atoms with Crippen molar-refractivity contribution in [2.75, 3.05) is 7.05 Å². The van der Waals surface area contributed by atoms with E-state index in [-0.39, 0.29) is 12.1 Å². The number of nitrogens with zero attached hydrogens (tertiary/aromatic N) is 1. The molecule has 1 aromatic heterocycles. The van der Waals surface area contributed by atoms with Crippen molar-refractivity contribution in [3.8, 4) is 0 Å². The summed E-state index contributed by atoms with van der Waals surface area (Å²) in [5.41, 5.74) is 13.5. The Balaban J connectivity index is 0.000000963. The molecule has 7 rings (SSSR count). The van der Waals surface area contributed by atoms with E-state index in [1.165, 1.54) is 55.5 Å². The topological polar surface area (TPSA) is 37.5 Å². The second kappa shape index (κ2) is 13.5. The van der Waals surface area contributed by atoms with Gasteiger partial charge in [0.05, 0.1) is 5.41 Å². The lowest BCUT2D eigenvalue weighted by atomic mass is 9.64. The van der Waals surface area contributed by atoms with Crippen molar-refractivity contribution in [2.45, 2.75) is 105 Å². The normalized spacial score (nSPS) is 22.1. The number of hydrogen-bond donors (Lipinski definition) is 1. The van der Waals surface area contributed by atoms with Crippen LogP contribution < -0.4 is 5.32 Å². The standard InChI is InChI=1S/C37H39FN2O.2C2H6/c1-6-24-27-17-18-30-34(35(27)41-33(24)7-2)28-11-9-10-12-29(28)37(30)31-19-22(21(4)38)13-15-25(31)26-16-14-23(20-32(26)37)36(39-5)40-8-3;2*1-2/h8-9,11,13-18,20-22,36,39H,6-7,10,12,19H2,1-5H3;2*1-2H3/b40-8-;;. The molecule has 45 heavy (non-hydrogen) atoms. The van der Waals surface area contributed by atoms with Crippen molar-refractivity contribution in [2.24, 2.45) is 10.9 Å². The lowest BCUT2D eigenvalue weighted by molar-refractivity contribution is 0.281. The number of furan rings is 1. The zero-order valence-electron chi connectivity index (χ0n) is 28.8. The Labute approximate surface area is 270 Å². The monoisotopic (exact) mass is 606 g/mol. The van der Waals surface area contributed by atoms with Gasteiger partial charge in [-0.2, -0.15) is 0 Å². The molecule has 0 radical (unpaired) electrons. The molecule has 1 spiro atoms. The molecule has 0 saturated heterocycles. The molecule has 238 valence electrons. The van der Waals surface area contributed by atoms with Crippen LogP contribution in [-0.2, 0) is 18.3 Å². The molecular weight excluding hydrogens is 555 g/mol. The Morgan fingerprint density at radius 3 is 2.47 bits per heavy atom. The fourth-order valence-corrected chi connectivity index (χ4v) is 8.19. The largest absolute Gasteiger partial charge is 0.460 e. The van der Waals surface area contributed by atoms with E-state index in [1.54, 1.807) is 6.92 Å². The molecule has 3 nitrogen and oxygen atoms in total. The first kappa shape index (κ1) is 32.9. The highest BCUT2D eigenvalue weighted by molar-refractivity contribution is 6.05. The molecule has 1 heterocycles. The molecule has 0 saturated carbocycles. The van der Waals surface area contributed by atoms with Gasteiger partial charge in [-0.3, -0.25) is 10.3 Å². The Morgan fingerprint density at radius 2 is 1.80 bits per heavy atom. The maximum absolute atomic E-state index is 15.0. The highest BCUT2D eigenvalue weighted by Crippen LogP contribution is 2.66. The highest BCUT2D eigenvalue weighted by atomic mass is 19.1. The van der Waals surface area contributed by atoms with Crippen molar-refractivity contribution in [1.82, 2.24) is 5.32 Å². The number of rotatable bonds is 6. The zero-order valence-corrected chi connectivity index (χ0v) is 28.8. The maximum Gasteiger partial charge on any atom is 0.142 e. The molecule has 0 amide bonds. The highest BCUT2D eigenvalue weighted by Gasteiger charge is 2.55. The molecule has 3 aromatic rings. The van der Waals surface area contributed by atoms with E-state index < -0.39 is 11.6 Å². The Morgan fingerprint density at radius 1 is 1.02 bits per heavy atom. The first-order valence-corrected chi connectivity index (χ1v) is 17.3. The van der Waals surface area contributed by atoms with Crippen LogP contribution in [0.25, 0.3) is 22.1 Å². The van der Waals surface area contributed by atoms with Gasteiger partial charge in [-0.15, -0.1) is 0 Å². The number of nitrogens with one attached hydrogen (secondary N) is 1. The van der Waals surface area contributed by atoms with Crippen molar-refractivity contribution in [1.29, 1.82) is 0 Å². The van der Waals surface area contributed by atoms with Gasteiger partial charge in [-0.05, 0) is 97.3 Å². The van der Waals surface area contributed by atoms with Gasteiger partial charge in [-0.25, -0.2) is 4.39 Å². The lowest BCUT2D eigenvalue weighted by Gasteiger charge is -2.37. The number of aryl methyl sites for hydroxylation is 2. The summed E-state index contributed by atoms with van der Waals surface area (Å²) in [6.07, 6.45) is 14.3. The van der Waals surface area contributed by atoms with Crippen LogP contribution in [0.4, 0.5) is 4.39 Å². The van der Waals surface area contributed by atoms with Crippen LogP contribution in [0.2, 0.25) is 0 Å². The third-order valence-corrected chi connectivity index (χ3v) is 9.96. The average Bonchev–Trinajstić information content (AvgIpc) is 3.71. The van der Waals surface area contributed by atoms with Crippen LogP contribution >= 0.6 is 0 Å². The van der Waals surface area contributed by atoms with Crippen molar-refractivity contribution < 1.29 is 8.81 Å². The predicted octanol–water partition coefficient (Wildman–Crippen LogP) is 11.0. The van der Waals surface area contributed by atoms with Crippen LogP contribution in [-0.4, -0.2) is 19.4 Å². The third kappa shape index (κ3) is 4.83. The van der Waals surface area contributed by atoms with Gasteiger partial charge in [-0.1, -0.05) is 96.2 Å². The molecule has 0 fully saturated rings. The van der Waals surface area contributed by atoms with Gasteiger partial charge in [0.1, 0.15) is 23.7 Å². The Bertz CT molecular complexity index is 1730. The summed E-state index contributed by atoms with van der Waals surface area (Å²) in [5, 5.41) is 4.62. The number of benzene rings is 2. The van der Waals surface area contributed by atoms with Gasteiger partial charge in [0.15, 0.2) is 0 Å². The summed E-state index contributed by atoms with van der Waals surface area (Å²) in [7, 11) is 1.96. The van der Waals surface area contributed by atoms with Gasteiger partial charge in [0.25, 0.3) is 0 Å². The van der Waals surface area contributed by atoms with Crippen molar-refractivity contribution in [3.63, 3.8) is 0 Å². The maximum atomic E-state index is 15.0. The molecular formula is C41H51FN2O. The summed E-state index contributed by atoms with van der Waals surface area (Å²) >= 11 is 0. The lowest BCUT2D eigenvalue weighted by Crippen LogP contribution is -2.32. The summed E-state index contributed by atoms with van der Waals surface area (Å²) in [6, 6.07) is 11.5. The second-order valence-electron chi connectivity index (χ2n) is 11.9. The summed E-state index contributed by atoms with van der Waals surface area (Å²) in [6.45, 7) is 16.1.